The molecule has 0 amide bonds. The summed E-state index contributed by atoms with van der Waals surface area (Å²) < 4.78 is 17.2. The van der Waals surface area contributed by atoms with E-state index in [2.05, 4.69) is 17.0 Å². The molecule has 3 fully saturated rings. The van der Waals surface area contributed by atoms with E-state index in [1.54, 1.807) is 12.1 Å². The maximum absolute atomic E-state index is 13.2. The number of nitrogens with zero attached hydrogens (tertiary/aromatic N) is 3. The third kappa shape index (κ3) is 3.19. The highest BCUT2D eigenvalue weighted by Crippen LogP contribution is 2.51. The van der Waals surface area contributed by atoms with Crippen molar-refractivity contribution in [2.75, 3.05) is 19.6 Å². The van der Waals surface area contributed by atoms with Crippen LogP contribution < -0.4 is 5.69 Å². The first-order chi connectivity index (χ1) is 14.2. The summed E-state index contributed by atoms with van der Waals surface area (Å²) >= 11 is 0. The van der Waals surface area contributed by atoms with E-state index < -0.39 is 0 Å². The quantitative estimate of drug-likeness (QED) is 0.602. The molecule has 1 aromatic heterocycles. The molecule has 158 valence electrons. The molecule has 2 saturated carbocycles. The molecule has 3 aliphatic rings. The van der Waals surface area contributed by atoms with Crippen molar-refractivity contribution in [3.63, 3.8) is 0 Å². The Morgan fingerprint density at radius 1 is 0.933 bits per heavy atom. The van der Waals surface area contributed by atoms with E-state index in [-0.39, 0.29) is 23.9 Å². The van der Waals surface area contributed by atoms with Gasteiger partial charge in [-0.25, -0.2) is 9.18 Å². The second-order valence-electron chi connectivity index (χ2n) is 9.10. The highest BCUT2D eigenvalue weighted by molar-refractivity contribution is 5.85. The summed E-state index contributed by atoms with van der Waals surface area (Å²) in [7, 11) is 0. The van der Waals surface area contributed by atoms with Crippen molar-refractivity contribution in [3.8, 4) is 0 Å². The van der Waals surface area contributed by atoms with Crippen molar-refractivity contribution >= 4 is 23.4 Å². The summed E-state index contributed by atoms with van der Waals surface area (Å²) in [5.74, 6) is 1.82. The molecule has 0 bridgehead atoms. The smallest absolute Gasteiger partial charge is 0.301 e. The van der Waals surface area contributed by atoms with E-state index in [0.717, 1.165) is 56.0 Å². The highest BCUT2D eigenvalue weighted by atomic mass is 35.5. The van der Waals surface area contributed by atoms with Crippen LogP contribution in [0.1, 0.15) is 36.8 Å². The van der Waals surface area contributed by atoms with Gasteiger partial charge in [0.25, 0.3) is 0 Å². The first kappa shape index (κ1) is 19.8. The molecule has 1 aliphatic heterocycles. The van der Waals surface area contributed by atoms with Crippen molar-refractivity contribution in [1.82, 2.24) is 14.0 Å². The monoisotopic (exact) mass is 427 g/mol. The molecule has 0 N–H and O–H groups in total. The van der Waals surface area contributed by atoms with Crippen LogP contribution in [0.15, 0.2) is 53.3 Å². The van der Waals surface area contributed by atoms with E-state index >= 15 is 0 Å². The van der Waals surface area contributed by atoms with Gasteiger partial charge in [-0.1, -0.05) is 24.3 Å². The summed E-state index contributed by atoms with van der Waals surface area (Å²) in [6.45, 7) is 3.88. The lowest BCUT2D eigenvalue weighted by atomic mass is 9.64. The van der Waals surface area contributed by atoms with Crippen molar-refractivity contribution in [3.05, 3.63) is 70.4 Å². The van der Waals surface area contributed by atoms with Crippen molar-refractivity contribution in [1.29, 1.82) is 0 Å². The van der Waals surface area contributed by atoms with Crippen molar-refractivity contribution < 1.29 is 4.39 Å². The second-order valence-corrected chi connectivity index (χ2v) is 9.10. The molecule has 2 aliphatic carbocycles. The zero-order chi connectivity index (χ0) is 19.5. The number of para-hydroxylation sites is 2. The fraction of sp³-hybridized carbons (Fsp3) is 0.458. The summed E-state index contributed by atoms with van der Waals surface area (Å²) in [6.07, 6.45) is 3.44. The minimum Gasteiger partial charge on any atom is -0.301 e. The molecule has 3 atom stereocenters. The van der Waals surface area contributed by atoms with Gasteiger partial charge in [-0.2, -0.15) is 0 Å². The molecule has 6 heteroatoms. The van der Waals surface area contributed by atoms with Gasteiger partial charge in [0.2, 0.25) is 0 Å². The van der Waals surface area contributed by atoms with Gasteiger partial charge >= 0.3 is 5.69 Å². The zero-order valence-electron chi connectivity index (χ0n) is 16.9. The van der Waals surface area contributed by atoms with E-state index in [4.69, 9.17) is 0 Å². The maximum atomic E-state index is 13.2. The van der Waals surface area contributed by atoms with Gasteiger partial charge in [-0.05, 0) is 66.8 Å². The summed E-state index contributed by atoms with van der Waals surface area (Å²) in [6, 6.07) is 15.7. The number of imidazole rings is 1. The lowest BCUT2D eigenvalue weighted by Crippen LogP contribution is -2.33. The Balaban J connectivity index is 0.00000193. The molecule has 0 spiro atoms. The van der Waals surface area contributed by atoms with Crippen LogP contribution in [0.4, 0.5) is 4.39 Å². The van der Waals surface area contributed by atoms with Gasteiger partial charge in [-0.3, -0.25) is 9.13 Å². The fourth-order valence-electron chi connectivity index (χ4n) is 5.65. The Labute approximate surface area is 181 Å². The summed E-state index contributed by atoms with van der Waals surface area (Å²) in [5, 5.41) is 0. The van der Waals surface area contributed by atoms with Crippen LogP contribution in [0.25, 0.3) is 11.0 Å². The van der Waals surface area contributed by atoms with E-state index in [9.17, 15) is 9.18 Å². The number of benzene rings is 2. The largest absolute Gasteiger partial charge is 0.329 e. The van der Waals surface area contributed by atoms with Crippen molar-refractivity contribution in [2.45, 2.75) is 37.8 Å². The number of fused-ring (bicyclic) bond motifs is 2. The van der Waals surface area contributed by atoms with Gasteiger partial charge in [0.1, 0.15) is 5.82 Å². The minimum absolute atomic E-state index is 0. The summed E-state index contributed by atoms with van der Waals surface area (Å²) in [4.78, 5) is 15.6. The molecule has 1 unspecified atom stereocenters. The third-order valence-electron chi connectivity index (χ3n) is 7.36. The number of rotatable bonds is 5. The van der Waals surface area contributed by atoms with Crippen LogP contribution >= 0.6 is 12.4 Å². The number of hydrogen-bond acceptors (Lipinski definition) is 2. The molecule has 1 saturated heterocycles. The van der Waals surface area contributed by atoms with E-state index in [1.165, 1.54) is 12.0 Å². The highest BCUT2D eigenvalue weighted by Gasteiger charge is 2.47. The first-order valence-corrected chi connectivity index (χ1v) is 10.9. The lowest BCUT2D eigenvalue weighted by Gasteiger charge is -2.40. The number of halogens is 2. The third-order valence-corrected chi connectivity index (χ3v) is 7.36. The Bertz CT molecular complexity index is 1120. The van der Waals surface area contributed by atoms with Gasteiger partial charge in [0, 0.05) is 32.2 Å². The topological polar surface area (TPSA) is 30.2 Å². The van der Waals surface area contributed by atoms with Gasteiger partial charge in [-0.15, -0.1) is 12.4 Å². The molecule has 2 heterocycles. The number of hydrogen-bond donors (Lipinski definition) is 0. The van der Waals surface area contributed by atoms with Gasteiger partial charge in [0.05, 0.1) is 11.0 Å². The van der Waals surface area contributed by atoms with Crippen LogP contribution in [0, 0.1) is 17.7 Å². The number of aromatic nitrogens is 2. The Morgan fingerprint density at radius 2 is 1.67 bits per heavy atom. The molecule has 4 nitrogen and oxygen atoms in total. The predicted molar refractivity (Wildman–Crippen MR) is 119 cm³/mol. The van der Waals surface area contributed by atoms with Crippen LogP contribution in [0.5, 0.6) is 0 Å². The lowest BCUT2D eigenvalue weighted by molar-refractivity contribution is 0.191. The normalized spacial score (nSPS) is 25.7. The zero-order valence-corrected chi connectivity index (χ0v) is 17.7. The fourth-order valence-corrected chi connectivity index (χ4v) is 5.65. The Morgan fingerprint density at radius 3 is 2.40 bits per heavy atom. The van der Waals surface area contributed by atoms with Crippen molar-refractivity contribution in [2.24, 2.45) is 11.8 Å². The van der Waals surface area contributed by atoms with Crippen LogP contribution in [-0.4, -0.2) is 33.7 Å². The van der Waals surface area contributed by atoms with E-state index in [0.29, 0.717) is 17.9 Å². The van der Waals surface area contributed by atoms with Gasteiger partial charge in [0.15, 0.2) is 0 Å². The minimum atomic E-state index is -0.159. The molecule has 3 aromatic rings. The second kappa shape index (κ2) is 7.54. The Hall–Kier alpha value is -2.11. The van der Waals surface area contributed by atoms with Crippen LogP contribution in [-0.2, 0) is 6.54 Å². The SMILES string of the molecule is Cl.O=c1n(CCN2CC3C[C@H](c4ccc(F)cc4)[C@H]3C2)c2ccccc2n1C1CC1. The average molecular weight is 428 g/mol. The predicted octanol–water partition coefficient (Wildman–Crippen LogP) is 4.43. The Kier molecular flexibility index (Phi) is 4.98. The standard InChI is InChI=1S/C24H26FN3O.ClH/c25-18-7-5-16(6-8-18)20-13-17-14-26(15-21(17)20)11-12-27-22-3-1-2-4-23(22)28(24(27)29)19-9-10-19;/h1-8,17,19-21H,9-15H2;1H/t17?,20-,21+;/m1./s1. The van der Waals surface area contributed by atoms with E-state index in [1.807, 2.05) is 33.4 Å². The molecular formula is C24H27ClFN3O. The molecule has 30 heavy (non-hydrogen) atoms. The maximum Gasteiger partial charge on any atom is 0.329 e. The molecule has 6 rings (SSSR count). The molecule has 0 radical (unpaired) electrons. The first-order valence-electron chi connectivity index (χ1n) is 10.9. The van der Waals surface area contributed by atoms with Crippen LogP contribution in [0.3, 0.4) is 0 Å². The number of likely N-dealkylation sites (tertiary alicyclic amines) is 1. The molecule has 2 aromatic carbocycles. The average Bonchev–Trinajstić information content (AvgIpc) is 3.44. The van der Waals surface area contributed by atoms with Gasteiger partial charge < -0.3 is 4.90 Å². The molecular weight excluding hydrogens is 401 g/mol. The summed E-state index contributed by atoms with van der Waals surface area (Å²) in [5.41, 5.74) is 3.58. The van der Waals surface area contributed by atoms with Crippen LogP contribution in [0.2, 0.25) is 0 Å².